The first kappa shape index (κ1) is 20.9. The van der Waals surface area contributed by atoms with Gasteiger partial charge in [0.1, 0.15) is 5.75 Å². The molecule has 6 nitrogen and oxygen atoms in total. The van der Waals surface area contributed by atoms with Crippen molar-refractivity contribution >= 4 is 17.7 Å². The molecule has 0 N–H and O–H groups in total. The Morgan fingerprint density at radius 1 is 1.10 bits per heavy atom. The molecule has 29 heavy (non-hydrogen) atoms. The molecule has 0 saturated carbocycles. The summed E-state index contributed by atoms with van der Waals surface area (Å²) in [6.07, 6.45) is 0. The number of thioether (sulfide) groups is 1. The highest BCUT2D eigenvalue weighted by Crippen LogP contribution is 2.30. The van der Waals surface area contributed by atoms with Crippen LogP contribution in [0, 0.1) is 0 Å². The topological polar surface area (TPSA) is 60.3 Å². The highest BCUT2D eigenvalue weighted by atomic mass is 32.2. The first-order valence-corrected chi connectivity index (χ1v) is 10.5. The number of ether oxygens (including phenoxy) is 1. The average molecular weight is 411 g/mol. The van der Waals surface area contributed by atoms with E-state index < -0.39 is 0 Å². The number of aromatic nitrogens is 3. The van der Waals surface area contributed by atoms with Crippen LogP contribution in [0.5, 0.6) is 5.75 Å². The minimum atomic E-state index is 0.0793. The molecule has 1 heterocycles. The van der Waals surface area contributed by atoms with Crippen LogP contribution in [0.15, 0.2) is 59.8 Å². The number of hydrogen-bond donors (Lipinski definition) is 0. The largest absolute Gasteiger partial charge is 0.496 e. The minimum absolute atomic E-state index is 0.0793. The molecule has 0 aliphatic rings. The monoisotopic (exact) mass is 410 g/mol. The molecule has 2 aromatic carbocycles. The van der Waals surface area contributed by atoms with Gasteiger partial charge in [-0.3, -0.25) is 4.79 Å². The SMILES string of the molecule is COc1ccccc1-c1nnc(SCC(=O)N(Cc2ccccc2)C(C)C)n1C. The molecule has 0 bridgehead atoms. The Bertz CT molecular complexity index is 956. The third kappa shape index (κ3) is 4.98. The van der Waals surface area contributed by atoms with Gasteiger partial charge in [0.15, 0.2) is 11.0 Å². The molecule has 1 amide bonds. The van der Waals surface area contributed by atoms with Gasteiger partial charge in [0.05, 0.1) is 18.4 Å². The van der Waals surface area contributed by atoms with E-state index >= 15 is 0 Å². The van der Waals surface area contributed by atoms with Crippen LogP contribution in [0.1, 0.15) is 19.4 Å². The van der Waals surface area contributed by atoms with Crippen LogP contribution in [0.2, 0.25) is 0 Å². The Kier molecular flexibility index (Phi) is 6.93. The lowest BCUT2D eigenvalue weighted by Gasteiger charge is -2.26. The van der Waals surface area contributed by atoms with Gasteiger partial charge in [0.2, 0.25) is 5.91 Å². The number of carbonyl (C=O) groups excluding carboxylic acids is 1. The Morgan fingerprint density at radius 2 is 1.79 bits per heavy atom. The summed E-state index contributed by atoms with van der Waals surface area (Å²) in [5.41, 5.74) is 1.99. The maximum Gasteiger partial charge on any atom is 0.233 e. The number of hydrogen-bond acceptors (Lipinski definition) is 5. The van der Waals surface area contributed by atoms with E-state index in [1.807, 2.05) is 85.0 Å². The number of nitrogens with zero attached hydrogens (tertiary/aromatic N) is 4. The molecule has 0 aliphatic heterocycles. The molecule has 0 unspecified atom stereocenters. The number of rotatable bonds is 8. The van der Waals surface area contributed by atoms with Crippen LogP contribution >= 0.6 is 11.8 Å². The van der Waals surface area contributed by atoms with E-state index in [4.69, 9.17) is 4.74 Å². The highest BCUT2D eigenvalue weighted by molar-refractivity contribution is 7.99. The van der Waals surface area contributed by atoms with Crippen molar-refractivity contribution in [3.8, 4) is 17.1 Å². The van der Waals surface area contributed by atoms with Crippen molar-refractivity contribution in [3.05, 3.63) is 60.2 Å². The first-order valence-electron chi connectivity index (χ1n) is 9.50. The summed E-state index contributed by atoms with van der Waals surface area (Å²) >= 11 is 1.40. The minimum Gasteiger partial charge on any atom is -0.496 e. The normalized spacial score (nSPS) is 10.9. The summed E-state index contributed by atoms with van der Waals surface area (Å²) in [7, 11) is 3.54. The van der Waals surface area contributed by atoms with E-state index in [0.717, 1.165) is 16.9 Å². The molecule has 0 aliphatic carbocycles. The molecule has 0 saturated heterocycles. The molecule has 0 fully saturated rings. The fourth-order valence-electron chi connectivity index (χ4n) is 3.05. The fourth-order valence-corrected chi connectivity index (χ4v) is 3.85. The lowest BCUT2D eigenvalue weighted by atomic mass is 10.2. The number of methoxy groups -OCH3 is 1. The number of carbonyl (C=O) groups is 1. The molecule has 3 rings (SSSR count). The Hall–Kier alpha value is -2.80. The maximum absolute atomic E-state index is 12.9. The molecule has 3 aromatic rings. The number of para-hydroxylation sites is 1. The van der Waals surface area contributed by atoms with Crippen molar-refractivity contribution in [2.45, 2.75) is 31.6 Å². The van der Waals surface area contributed by atoms with E-state index in [-0.39, 0.29) is 11.9 Å². The first-order chi connectivity index (χ1) is 14.0. The smallest absolute Gasteiger partial charge is 0.233 e. The summed E-state index contributed by atoms with van der Waals surface area (Å²) < 4.78 is 7.32. The van der Waals surface area contributed by atoms with Crippen molar-refractivity contribution in [3.63, 3.8) is 0 Å². The van der Waals surface area contributed by atoms with Gasteiger partial charge in [0, 0.05) is 19.6 Å². The van der Waals surface area contributed by atoms with Crippen molar-refractivity contribution < 1.29 is 9.53 Å². The zero-order valence-electron chi connectivity index (χ0n) is 17.2. The van der Waals surface area contributed by atoms with Crippen LogP contribution in [0.3, 0.4) is 0 Å². The van der Waals surface area contributed by atoms with Crippen LogP contribution in [0.4, 0.5) is 0 Å². The molecule has 0 atom stereocenters. The predicted molar refractivity (Wildman–Crippen MR) is 116 cm³/mol. The Balaban J connectivity index is 1.70. The number of benzene rings is 2. The Morgan fingerprint density at radius 3 is 2.48 bits per heavy atom. The van der Waals surface area contributed by atoms with Gasteiger partial charge in [-0.05, 0) is 31.5 Å². The van der Waals surface area contributed by atoms with Crippen molar-refractivity contribution in [1.29, 1.82) is 0 Å². The maximum atomic E-state index is 12.9. The quantitative estimate of drug-likeness (QED) is 0.525. The molecule has 1 aromatic heterocycles. The van der Waals surface area contributed by atoms with E-state index in [1.54, 1.807) is 7.11 Å². The predicted octanol–water partition coefficient (Wildman–Crippen LogP) is 4.02. The molecule has 152 valence electrons. The molecular formula is C22H26N4O2S. The van der Waals surface area contributed by atoms with E-state index in [1.165, 1.54) is 11.8 Å². The summed E-state index contributed by atoms with van der Waals surface area (Å²) in [5, 5.41) is 9.28. The van der Waals surface area contributed by atoms with Crippen molar-refractivity contribution in [1.82, 2.24) is 19.7 Å². The summed E-state index contributed by atoms with van der Waals surface area (Å²) in [6.45, 7) is 4.67. The third-order valence-electron chi connectivity index (χ3n) is 4.65. The number of amides is 1. The van der Waals surface area contributed by atoms with Gasteiger partial charge in [-0.2, -0.15) is 0 Å². The van der Waals surface area contributed by atoms with Crippen LogP contribution in [0.25, 0.3) is 11.4 Å². The third-order valence-corrected chi connectivity index (χ3v) is 5.65. The van der Waals surface area contributed by atoms with Gasteiger partial charge in [-0.1, -0.05) is 54.2 Å². The average Bonchev–Trinajstić information content (AvgIpc) is 3.10. The fraction of sp³-hybridized carbons (Fsp3) is 0.318. The zero-order chi connectivity index (χ0) is 20.8. The Labute approximate surface area is 175 Å². The standard InChI is InChI=1S/C22H26N4O2S/c1-16(2)26(14-17-10-6-5-7-11-17)20(27)15-29-22-24-23-21(25(22)3)18-12-8-9-13-19(18)28-4/h5-13,16H,14-15H2,1-4H3. The second-order valence-electron chi connectivity index (χ2n) is 6.96. The van der Waals surface area contributed by atoms with Gasteiger partial charge in [0.25, 0.3) is 0 Å². The molecular weight excluding hydrogens is 384 g/mol. The van der Waals surface area contributed by atoms with Gasteiger partial charge in [-0.25, -0.2) is 0 Å². The molecule has 0 spiro atoms. The van der Waals surface area contributed by atoms with Crippen molar-refractivity contribution in [2.75, 3.05) is 12.9 Å². The summed E-state index contributed by atoms with van der Waals surface area (Å²) in [5.74, 6) is 1.84. The molecule has 7 heteroatoms. The lowest BCUT2D eigenvalue weighted by molar-refractivity contribution is -0.130. The van der Waals surface area contributed by atoms with Crippen LogP contribution < -0.4 is 4.74 Å². The van der Waals surface area contributed by atoms with Gasteiger partial charge >= 0.3 is 0 Å². The zero-order valence-corrected chi connectivity index (χ0v) is 18.0. The summed E-state index contributed by atoms with van der Waals surface area (Å²) in [4.78, 5) is 14.8. The van der Waals surface area contributed by atoms with Crippen LogP contribution in [-0.4, -0.2) is 44.5 Å². The van der Waals surface area contributed by atoms with Crippen molar-refractivity contribution in [2.24, 2.45) is 7.05 Å². The second kappa shape index (κ2) is 9.60. The lowest BCUT2D eigenvalue weighted by Crippen LogP contribution is -2.37. The van der Waals surface area contributed by atoms with E-state index in [0.29, 0.717) is 23.3 Å². The summed E-state index contributed by atoms with van der Waals surface area (Å²) in [6, 6.07) is 17.9. The van der Waals surface area contributed by atoms with Crippen LogP contribution in [-0.2, 0) is 18.4 Å². The van der Waals surface area contributed by atoms with E-state index in [9.17, 15) is 4.79 Å². The van der Waals surface area contributed by atoms with Gasteiger partial charge in [-0.15, -0.1) is 10.2 Å². The van der Waals surface area contributed by atoms with Gasteiger partial charge < -0.3 is 14.2 Å². The second-order valence-corrected chi connectivity index (χ2v) is 7.90. The van der Waals surface area contributed by atoms with E-state index in [2.05, 4.69) is 10.2 Å². The molecule has 0 radical (unpaired) electrons. The highest BCUT2D eigenvalue weighted by Gasteiger charge is 2.20.